The first-order chi connectivity index (χ1) is 11.0. The standard InChI is InChI=1S/C16H19N3O4/c1-10-12(14(20)18-7-5-11(9-18)15(21)22)3-2-4-13(10)19-8-6-17-16(19)23/h2-4,11H,5-9H2,1H3,(H,17,23)(H,21,22)/t11-/m0/s1. The van der Waals surface area contributed by atoms with E-state index < -0.39 is 11.9 Å². The van der Waals surface area contributed by atoms with E-state index in [2.05, 4.69) is 5.32 Å². The number of amides is 3. The van der Waals surface area contributed by atoms with Gasteiger partial charge in [-0.05, 0) is 31.0 Å². The van der Waals surface area contributed by atoms with Gasteiger partial charge in [-0.3, -0.25) is 14.5 Å². The smallest absolute Gasteiger partial charge is 0.322 e. The maximum Gasteiger partial charge on any atom is 0.322 e. The molecule has 1 aromatic rings. The van der Waals surface area contributed by atoms with Crippen molar-refractivity contribution in [3.05, 3.63) is 29.3 Å². The second-order valence-corrected chi connectivity index (χ2v) is 5.91. The van der Waals surface area contributed by atoms with Crippen LogP contribution in [0.1, 0.15) is 22.3 Å². The average molecular weight is 317 g/mol. The number of nitrogens with one attached hydrogen (secondary N) is 1. The second kappa shape index (κ2) is 5.91. The number of benzene rings is 1. The summed E-state index contributed by atoms with van der Waals surface area (Å²) in [5, 5.41) is 11.8. The number of carbonyl (C=O) groups excluding carboxylic acids is 2. The van der Waals surface area contributed by atoms with Gasteiger partial charge >= 0.3 is 12.0 Å². The minimum absolute atomic E-state index is 0.162. The van der Waals surface area contributed by atoms with E-state index in [1.54, 1.807) is 21.9 Å². The summed E-state index contributed by atoms with van der Waals surface area (Å²) in [5.74, 6) is -1.53. The van der Waals surface area contributed by atoms with E-state index in [0.29, 0.717) is 31.6 Å². The lowest BCUT2D eigenvalue weighted by Gasteiger charge is -2.21. The van der Waals surface area contributed by atoms with Crippen LogP contribution in [0.3, 0.4) is 0 Å². The Hall–Kier alpha value is -2.57. The lowest BCUT2D eigenvalue weighted by molar-refractivity contribution is -0.141. The Morgan fingerprint density at radius 3 is 2.70 bits per heavy atom. The number of rotatable bonds is 3. The number of aliphatic carboxylic acids is 1. The molecule has 2 heterocycles. The van der Waals surface area contributed by atoms with E-state index in [0.717, 1.165) is 11.3 Å². The van der Waals surface area contributed by atoms with Crippen molar-refractivity contribution in [3.8, 4) is 0 Å². The average Bonchev–Trinajstić information content (AvgIpc) is 3.16. The third kappa shape index (κ3) is 2.74. The highest BCUT2D eigenvalue weighted by atomic mass is 16.4. The summed E-state index contributed by atoms with van der Waals surface area (Å²) in [5.41, 5.74) is 1.99. The van der Waals surface area contributed by atoms with Gasteiger partial charge in [-0.15, -0.1) is 0 Å². The fourth-order valence-corrected chi connectivity index (χ4v) is 3.17. The fourth-order valence-electron chi connectivity index (χ4n) is 3.17. The number of carboxylic acid groups (broad SMARTS) is 1. The van der Waals surface area contributed by atoms with Crippen molar-refractivity contribution >= 4 is 23.6 Å². The van der Waals surface area contributed by atoms with Gasteiger partial charge in [-0.2, -0.15) is 0 Å². The molecule has 2 saturated heterocycles. The Labute approximate surface area is 133 Å². The Morgan fingerprint density at radius 1 is 1.30 bits per heavy atom. The first-order valence-corrected chi connectivity index (χ1v) is 7.66. The SMILES string of the molecule is Cc1c(C(=O)N2CC[C@H](C(=O)O)C2)cccc1N1CCNC1=O. The van der Waals surface area contributed by atoms with Gasteiger partial charge in [0.2, 0.25) is 0 Å². The molecule has 0 spiro atoms. The van der Waals surface area contributed by atoms with Crippen LogP contribution in [0.4, 0.5) is 10.5 Å². The van der Waals surface area contributed by atoms with Gasteiger partial charge in [-0.25, -0.2) is 4.79 Å². The van der Waals surface area contributed by atoms with Crippen LogP contribution in [0.5, 0.6) is 0 Å². The molecule has 7 nitrogen and oxygen atoms in total. The van der Waals surface area contributed by atoms with Crippen molar-refractivity contribution in [2.24, 2.45) is 5.92 Å². The summed E-state index contributed by atoms with van der Waals surface area (Å²) in [4.78, 5) is 38.8. The zero-order chi connectivity index (χ0) is 16.6. The summed E-state index contributed by atoms with van der Waals surface area (Å²) in [6.07, 6.45) is 0.480. The summed E-state index contributed by atoms with van der Waals surface area (Å²) in [6, 6.07) is 5.14. The topological polar surface area (TPSA) is 89.9 Å². The van der Waals surface area contributed by atoms with Crippen LogP contribution in [0.15, 0.2) is 18.2 Å². The molecule has 0 aromatic heterocycles. The highest BCUT2D eigenvalue weighted by Crippen LogP contribution is 2.27. The van der Waals surface area contributed by atoms with E-state index in [1.807, 2.05) is 13.0 Å². The van der Waals surface area contributed by atoms with Crippen LogP contribution in [0.25, 0.3) is 0 Å². The molecule has 0 saturated carbocycles. The number of carbonyl (C=O) groups is 3. The first-order valence-electron chi connectivity index (χ1n) is 7.66. The van der Waals surface area contributed by atoms with E-state index in [4.69, 9.17) is 5.11 Å². The van der Waals surface area contributed by atoms with Gasteiger partial charge in [0.05, 0.1) is 5.92 Å². The molecule has 7 heteroatoms. The Morgan fingerprint density at radius 2 is 2.09 bits per heavy atom. The van der Waals surface area contributed by atoms with Gasteiger partial charge in [-0.1, -0.05) is 6.07 Å². The normalized spacial score (nSPS) is 20.7. The number of urea groups is 1. The molecular weight excluding hydrogens is 298 g/mol. The minimum Gasteiger partial charge on any atom is -0.481 e. The molecule has 1 aromatic carbocycles. The fraction of sp³-hybridized carbons (Fsp3) is 0.438. The van der Waals surface area contributed by atoms with Crippen LogP contribution in [-0.2, 0) is 4.79 Å². The highest BCUT2D eigenvalue weighted by molar-refractivity contribution is 6.00. The second-order valence-electron chi connectivity index (χ2n) is 5.91. The number of hydrogen-bond acceptors (Lipinski definition) is 3. The molecule has 23 heavy (non-hydrogen) atoms. The van der Waals surface area contributed by atoms with Crippen molar-refractivity contribution in [2.75, 3.05) is 31.1 Å². The van der Waals surface area contributed by atoms with Gasteiger partial charge in [0, 0.05) is 37.4 Å². The van der Waals surface area contributed by atoms with Crippen LogP contribution in [0.2, 0.25) is 0 Å². The quantitative estimate of drug-likeness (QED) is 0.872. The molecule has 0 aliphatic carbocycles. The van der Waals surface area contributed by atoms with Crippen LogP contribution < -0.4 is 10.2 Å². The number of anilines is 1. The zero-order valence-electron chi connectivity index (χ0n) is 12.9. The number of nitrogens with zero attached hydrogens (tertiary/aromatic N) is 2. The van der Waals surface area contributed by atoms with E-state index >= 15 is 0 Å². The van der Waals surface area contributed by atoms with E-state index in [9.17, 15) is 14.4 Å². The third-order valence-corrected chi connectivity index (χ3v) is 4.51. The van der Waals surface area contributed by atoms with E-state index in [1.165, 1.54) is 0 Å². The van der Waals surface area contributed by atoms with Gasteiger partial charge in [0.1, 0.15) is 0 Å². The van der Waals surface area contributed by atoms with Gasteiger partial charge in [0.25, 0.3) is 5.91 Å². The molecule has 3 rings (SSSR count). The Kier molecular flexibility index (Phi) is 3.94. The van der Waals surface area contributed by atoms with E-state index in [-0.39, 0.29) is 18.5 Å². The summed E-state index contributed by atoms with van der Waals surface area (Å²) >= 11 is 0. The monoisotopic (exact) mass is 317 g/mol. The molecule has 0 radical (unpaired) electrons. The molecule has 2 N–H and O–H groups in total. The van der Waals surface area contributed by atoms with Crippen LogP contribution in [0, 0.1) is 12.8 Å². The summed E-state index contributed by atoms with van der Waals surface area (Å²) in [7, 11) is 0. The molecule has 1 atom stereocenters. The predicted octanol–water partition coefficient (Wildman–Crippen LogP) is 1.07. The summed E-state index contributed by atoms with van der Waals surface area (Å²) < 4.78 is 0. The van der Waals surface area contributed by atoms with Crippen LogP contribution in [-0.4, -0.2) is 54.1 Å². The van der Waals surface area contributed by atoms with Crippen molar-refractivity contribution < 1.29 is 19.5 Å². The zero-order valence-corrected chi connectivity index (χ0v) is 12.9. The molecule has 122 valence electrons. The number of hydrogen-bond donors (Lipinski definition) is 2. The number of carboxylic acids is 1. The molecule has 0 bridgehead atoms. The van der Waals surface area contributed by atoms with Crippen molar-refractivity contribution in [1.82, 2.24) is 10.2 Å². The maximum absolute atomic E-state index is 12.7. The Balaban J connectivity index is 1.84. The van der Waals surface area contributed by atoms with Crippen molar-refractivity contribution in [3.63, 3.8) is 0 Å². The summed E-state index contributed by atoms with van der Waals surface area (Å²) in [6.45, 7) is 3.66. The largest absolute Gasteiger partial charge is 0.481 e. The maximum atomic E-state index is 12.7. The lowest BCUT2D eigenvalue weighted by Crippen LogP contribution is -2.32. The molecule has 2 aliphatic heterocycles. The van der Waals surface area contributed by atoms with Gasteiger partial charge in [0.15, 0.2) is 0 Å². The highest BCUT2D eigenvalue weighted by Gasteiger charge is 2.32. The first kappa shape index (κ1) is 15.3. The van der Waals surface area contributed by atoms with Crippen LogP contribution >= 0.6 is 0 Å². The molecule has 0 unspecified atom stereocenters. The predicted molar refractivity (Wildman–Crippen MR) is 83.6 cm³/mol. The van der Waals surface area contributed by atoms with Gasteiger partial charge < -0.3 is 15.3 Å². The Bertz CT molecular complexity index is 673. The minimum atomic E-state index is -0.862. The van der Waals surface area contributed by atoms with Crippen molar-refractivity contribution in [1.29, 1.82) is 0 Å². The number of likely N-dealkylation sites (tertiary alicyclic amines) is 1. The molecule has 3 amide bonds. The van der Waals surface area contributed by atoms with Crippen molar-refractivity contribution in [2.45, 2.75) is 13.3 Å². The lowest BCUT2D eigenvalue weighted by atomic mass is 10.0. The molecular formula is C16H19N3O4. The molecule has 2 fully saturated rings. The molecule has 2 aliphatic rings. The third-order valence-electron chi connectivity index (χ3n) is 4.51.